The molecule has 0 aliphatic rings. The zero-order valence-electron chi connectivity index (χ0n) is 9.72. The van der Waals surface area contributed by atoms with Crippen molar-refractivity contribution in [1.82, 2.24) is 5.32 Å². The highest BCUT2D eigenvalue weighted by Gasteiger charge is 2.11. The van der Waals surface area contributed by atoms with Gasteiger partial charge in [0.1, 0.15) is 0 Å². The van der Waals surface area contributed by atoms with E-state index in [1.54, 1.807) is 0 Å². The summed E-state index contributed by atoms with van der Waals surface area (Å²) in [5.74, 6) is 0.281. The lowest BCUT2D eigenvalue weighted by Crippen LogP contribution is -2.34. The Morgan fingerprint density at radius 1 is 1.31 bits per heavy atom. The first-order valence-corrected chi connectivity index (χ1v) is 6.76. The lowest BCUT2D eigenvalue weighted by molar-refractivity contribution is 0.191. The van der Waals surface area contributed by atoms with Gasteiger partial charge >= 0.3 is 0 Å². The van der Waals surface area contributed by atoms with E-state index < -0.39 is 16.9 Å². The molecule has 4 heteroatoms. The summed E-state index contributed by atoms with van der Waals surface area (Å²) in [5, 5.41) is 12.8. The van der Waals surface area contributed by atoms with Crippen LogP contribution in [0.25, 0.3) is 0 Å². The van der Waals surface area contributed by atoms with Crippen LogP contribution in [-0.2, 0) is 10.8 Å². The zero-order valence-corrected chi connectivity index (χ0v) is 10.5. The highest BCUT2D eigenvalue weighted by atomic mass is 32.2. The minimum absolute atomic E-state index is 0.281. The number of benzene rings is 1. The number of aliphatic hydroxyl groups excluding tert-OH is 1. The van der Waals surface area contributed by atoms with Crippen LogP contribution in [-0.4, -0.2) is 33.8 Å². The molecule has 2 unspecified atom stereocenters. The highest BCUT2D eigenvalue weighted by molar-refractivity contribution is 7.85. The molecule has 0 amide bonds. The molecule has 0 bridgehead atoms. The molecule has 0 saturated carbocycles. The van der Waals surface area contributed by atoms with Crippen LogP contribution in [0.2, 0.25) is 0 Å². The summed E-state index contributed by atoms with van der Waals surface area (Å²) in [4.78, 5) is 0.770. The van der Waals surface area contributed by atoms with Gasteiger partial charge in [-0.15, -0.1) is 0 Å². The molecule has 2 atom stereocenters. The Hall–Kier alpha value is -0.710. The van der Waals surface area contributed by atoms with E-state index in [4.69, 9.17) is 0 Å². The van der Waals surface area contributed by atoms with Crippen LogP contribution in [0, 0.1) is 0 Å². The summed E-state index contributed by atoms with van der Waals surface area (Å²) in [6, 6.07) is 9.56. The summed E-state index contributed by atoms with van der Waals surface area (Å²) >= 11 is 0. The molecule has 0 radical (unpaired) electrons. The summed E-state index contributed by atoms with van der Waals surface area (Å²) in [5.41, 5.74) is 0. The third-order valence-electron chi connectivity index (χ3n) is 2.11. The molecule has 0 aliphatic carbocycles. The third kappa shape index (κ3) is 4.88. The van der Waals surface area contributed by atoms with Gasteiger partial charge in [0, 0.05) is 17.5 Å². The molecular weight excluding hydrogens is 222 g/mol. The lowest BCUT2D eigenvalue weighted by atomic mass is 10.3. The molecule has 90 valence electrons. The van der Waals surface area contributed by atoms with Gasteiger partial charge in [-0.1, -0.05) is 32.0 Å². The van der Waals surface area contributed by atoms with E-state index in [0.29, 0.717) is 12.6 Å². The van der Waals surface area contributed by atoms with E-state index in [0.717, 1.165) is 4.90 Å². The van der Waals surface area contributed by atoms with E-state index in [9.17, 15) is 9.32 Å². The van der Waals surface area contributed by atoms with Crippen molar-refractivity contribution < 1.29 is 9.32 Å². The SMILES string of the molecule is CC(C)NCC(O)CS(=O)c1ccccc1. The van der Waals surface area contributed by atoms with Crippen LogP contribution in [0.3, 0.4) is 0 Å². The fourth-order valence-electron chi connectivity index (χ4n) is 1.27. The van der Waals surface area contributed by atoms with Crippen molar-refractivity contribution in [3.63, 3.8) is 0 Å². The Morgan fingerprint density at radius 3 is 2.50 bits per heavy atom. The van der Waals surface area contributed by atoms with Crippen LogP contribution < -0.4 is 5.32 Å². The maximum Gasteiger partial charge on any atom is 0.0783 e. The van der Waals surface area contributed by atoms with Crippen molar-refractivity contribution in [2.24, 2.45) is 0 Å². The second kappa shape index (κ2) is 6.78. The van der Waals surface area contributed by atoms with Gasteiger partial charge in [0.15, 0.2) is 0 Å². The van der Waals surface area contributed by atoms with Crippen molar-refractivity contribution in [3.05, 3.63) is 30.3 Å². The molecule has 3 nitrogen and oxygen atoms in total. The zero-order chi connectivity index (χ0) is 12.0. The van der Waals surface area contributed by atoms with Crippen molar-refractivity contribution in [2.75, 3.05) is 12.3 Å². The number of rotatable bonds is 6. The number of hydrogen-bond donors (Lipinski definition) is 2. The van der Waals surface area contributed by atoms with Gasteiger partial charge < -0.3 is 10.4 Å². The summed E-state index contributed by atoms with van der Waals surface area (Å²) in [6.07, 6.45) is -0.566. The molecule has 0 aromatic heterocycles. The number of hydrogen-bond acceptors (Lipinski definition) is 3. The van der Waals surface area contributed by atoms with Gasteiger partial charge in [-0.2, -0.15) is 0 Å². The Kier molecular flexibility index (Phi) is 5.66. The Morgan fingerprint density at radius 2 is 1.94 bits per heavy atom. The van der Waals surface area contributed by atoms with Gasteiger partial charge in [-0.3, -0.25) is 4.21 Å². The minimum Gasteiger partial charge on any atom is -0.391 e. The number of nitrogens with one attached hydrogen (secondary N) is 1. The van der Waals surface area contributed by atoms with Crippen molar-refractivity contribution in [1.29, 1.82) is 0 Å². The fraction of sp³-hybridized carbons (Fsp3) is 0.500. The van der Waals surface area contributed by atoms with Crippen LogP contribution in [0.5, 0.6) is 0 Å². The van der Waals surface area contributed by atoms with Crippen LogP contribution in [0.15, 0.2) is 35.2 Å². The molecule has 1 aromatic rings. The molecule has 0 saturated heterocycles. The molecule has 16 heavy (non-hydrogen) atoms. The molecule has 1 rings (SSSR count). The topological polar surface area (TPSA) is 49.3 Å². The number of aliphatic hydroxyl groups is 1. The molecule has 0 aliphatic heterocycles. The van der Waals surface area contributed by atoms with E-state index in [2.05, 4.69) is 5.32 Å². The Bertz CT molecular complexity index is 327. The lowest BCUT2D eigenvalue weighted by Gasteiger charge is -2.13. The summed E-state index contributed by atoms with van der Waals surface area (Å²) in [6.45, 7) is 4.51. The molecule has 0 fully saturated rings. The summed E-state index contributed by atoms with van der Waals surface area (Å²) in [7, 11) is -1.12. The van der Waals surface area contributed by atoms with E-state index in [-0.39, 0.29) is 5.75 Å². The second-order valence-electron chi connectivity index (χ2n) is 4.04. The summed E-state index contributed by atoms with van der Waals surface area (Å²) < 4.78 is 11.8. The predicted octanol–water partition coefficient (Wildman–Crippen LogP) is 1.15. The van der Waals surface area contributed by atoms with Gasteiger partial charge in [0.05, 0.1) is 22.7 Å². The predicted molar refractivity (Wildman–Crippen MR) is 66.9 cm³/mol. The van der Waals surface area contributed by atoms with Crippen LogP contribution in [0.1, 0.15) is 13.8 Å². The quantitative estimate of drug-likeness (QED) is 0.785. The first-order chi connectivity index (χ1) is 7.59. The van der Waals surface area contributed by atoms with E-state index in [1.807, 2.05) is 44.2 Å². The Balaban J connectivity index is 2.40. The maximum absolute atomic E-state index is 11.8. The van der Waals surface area contributed by atoms with Crippen LogP contribution in [0.4, 0.5) is 0 Å². The van der Waals surface area contributed by atoms with E-state index in [1.165, 1.54) is 0 Å². The smallest absolute Gasteiger partial charge is 0.0783 e. The average molecular weight is 241 g/mol. The molecule has 0 heterocycles. The van der Waals surface area contributed by atoms with Crippen molar-refractivity contribution >= 4 is 10.8 Å². The average Bonchev–Trinajstić information content (AvgIpc) is 2.27. The standard InChI is InChI=1S/C12H19NO2S/c1-10(2)13-8-11(14)9-16(15)12-6-4-3-5-7-12/h3-7,10-11,13-14H,8-9H2,1-2H3. The third-order valence-corrected chi connectivity index (χ3v) is 3.60. The van der Waals surface area contributed by atoms with E-state index >= 15 is 0 Å². The fourth-order valence-corrected chi connectivity index (χ4v) is 2.39. The molecular formula is C12H19NO2S. The van der Waals surface area contributed by atoms with Gasteiger partial charge in [0.25, 0.3) is 0 Å². The maximum atomic E-state index is 11.8. The minimum atomic E-state index is -1.12. The van der Waals surface area contributed by atoms with Gasteiger partial charge in [-0.05, 0) is 12.1 Å². The molecule has 0 spiro atoms. The van der Waals surface area contributed by atoms with Gasteiger partial charge in [0.2, 0.25) is 0 Å². The molecule has 2 N–H and O–H groups in total. The highest BCUT2D eigenvalue weighted by Crippen LogP contribution is 2.06. The van der Waals surface area contributed by atoms with Crippen LogP contribution >= 0.6 is 0 Å². The first-order valence-electron chi connectivity index (χ1n) is 5.44. The monoisotopic (exact) mass is 241 g/mol. The Labute approximate surface area is 99.3 Å². The second-order valence-corrected chi connectivity index (χ2v) is 5.54. The van der Waals surface area contributed by atoms with Crippen molar-refractivity contribution in [3.8, 4) is 0 Å². The van der Waals surface area contributed by atoms with Crippen molar-refractivity contribution in [2.45, 2.75) is 30.9 Å². The normalized spacial score (nSPS) is 15.0. The molecule has 1 aromatic carbocycles. The van der Waals surface area contributed by atoms with Gasteiger partial charge in [-0.25, -0.2) is 0 Å². The first kappa shape index (κ1) is 13.4. The largest absolute Gasteiger partial charge is 0.391 e.